The number of thioether (sulfide) groups is 1. The van der Waals surface area contributed by atoms with E-state index in [9.17, 15) is 18.0 Å². The highest BCUT2D eigenvalue weighted by molar-refractivity contribution is 8.01. The number of carbonyl (C=O) groups excluding carboxylic acids is 1. The summed E-state index contributed by atoms with van der Waals surface area (Å²) in [6, 6.07) is 4.46. The van der Waals surface area contributed by atoms with Crippen LogP contribution in [0.1, 0.15) is 6.92 Å². The molecule has 1 aromatic carbocycles. The first-order chi connectivity index (χ1) is 8.73. The number of halogens is 4. The number of rotatable bonds is 4. The van der Waals surface area contributed by atoms with Crippen molar-refractivity contribution in [1.29, 1.82) is 0 Å². The molecular formula is C11H11ClF3NO2S. The summed E-state index contributed by atoms with van der Waals surface area (Å²) >= 11 is 5.37. The lowest BCUT2D eigenvalue weighted by molar-refractivity contribution is -0.115. The van der Waals surface area contributed by atoms with E-state index in [-0.39, 0.29) is 17.4 Å². The van der Waals surface area contributed by atoms with Gasteiger partial charge in [-0.3, -0.25) is 4.79 Å². The van der Waals surface area contributed by atoms with Crippen molar-refractivity contribution in [3.63, 3.8) is 0 Å². The summed E-state index contributed by atoms with van der Waals surface area (Å²) in [5.41, 5.74) is -4.23. The molecule has 1 atom stereocenters. The first-order valence-electron chi connectivity index (χ1n) is 5.12. The van der Waals surface area contributed by atoms with Crippen LogP contribution in [0, 0.1) is 0 Å². The second kappa shape index (κ2) is 6.38. The van der Waals surface area contributed by atoms with Crippen molar-refractivity contribution in [3.8, 4) is 5.75 Å². The fourth-order valence-corrected chi connectivity index (χ4v) is 2.01. The second-order valence-corrected chi connectivity index (χ2v) is 5.38. The van der Waals surface area contributed by atoms with E-state index in [1.54, 1.807) is 6.07 Å². The third-order valence-electron chi connectivity index (χ3n) is 2.10. The number of alkyl halides is 3. The van der Waals surface area contributed by atoms with Gasteiger partial charge in [0.25, 0.3) is 0 Å². The second-order valence-electron chi connectivity index (χ2n) is 3.54. The lowest BCUT2D eigenvalue weighted by Gasteiger charge is -2.15. The summed E-state index contributed by atoms with van der Waals surface area (Å²) in [6.07, 6.45) is 0. The molecule has 106 valence electrons. The molecule has 0 radical (unpaired) electrons. The number of carbonyl (C=O) groups is 1. The van der Waals surface area contributed by atoms with E-state index in [1.165, 1.54) is 26.2 Å². The topological polar surface area (TPSA) is 38.3 Å². The minimum atomic E-state index is -4.46. The van der Waals surface area contributed by atoms with E-state index < -0.39 is 16.7 Å². The number of ether oxygens (including phenoxy) is 1. The van der Waals surface area contributed by atoms with Gasteiger partial charge in [0.05, 0.1) is 18.0 Å². The lowest BCUT2D eigenvalue weighted by Crippen LogP contribution is -2.25. The zero-order valence-corrected chi connectivity index (χ0v) is 11.6. The Kier molecular flexibility index (Phi) is 5.37. The monoisotopic (exact) mass is 313 g/mol. The van der Waals surface area contributed by atoms with Gasteiger partial charge in [-0.15, -0.1) is 0 Å². The standard InChI is InChI=1S/C11H11ClF3NO2S/c1-6(19-11(13,14)15)10(17)16-8-5-7(12)3-4-9(8)18-2/h3-6H,1-2H3,(H,16,17). The Labute approximate surface area is 117 Å². The molecule has 1 N–H and O–H groups in total. The Hall–Kier alpha value is -1.08. The number of hydrogen-bond acceptors (Lipinski definition) is 3. The van der Waals surface area contributed by atoms with Crippen molar-refractivity contribution in [2.24, 2.45) is 0 Å². The molecule has 0 saturated carbocycles. The van der Waals surface area contributed by atoms with Crippen molar-refractivity contribution in [3.05, 3.63) is 23.2 Å². The molecule has 0 aliphatic rings. The molecule has 0 saturated heterocycles. The number of benzene rings is 1. The van der Waals surface area contributed by atoms with E-state index in [0.29, 0.717) is 10.8 Å². The van der Waals surface area contributed by atoms with Gasteiger partial charge in [0, 0.05) is 5.02 Å². The molecule has 0 aliphatic heterocycles. The Balaban J connectivity index is 2.79. The maximum atomic E-state index is 12.2. The van der Waals surface area contributed by atoms with Crippen LogP contribution in [-0.4, -0.2) is 23.8 Å². The van der Waals surface area contributed by atoms with Gasteiger partial charge in [0.15, 0.2) is 0 Å². The average Bonchev–Trinajstić information content (AvgIpc) is 2.27. The van der Waals surface area contributed by atoms with Crippen LogP contribution in [-0.2, 0) is 4.79 Å². The average molecular weight is 314 g/mol. The first kappa shape index (κ1) is 16.0. The van der Waals surface area contributed by atoms with E-state index in [4.69, 9.17) is 16.3 Å². The van der Waals surface area contributed by atoms with E-state index in [1.807, 2.05) is 0 Å². The zero-order valence-electron chi connectivity index (χ0n) is 10.0. The largest absolute Gasteiger partial charge is 0.495 e. The van der Waals surface area contributed by atoms with Crippen LogP contribution in [0.4, 0.5) is 18.9 Å². The zero-order chi connectivity index (χ0) is 14.6. The maximum absolute atomic E-state index is 12.2. The predicted octanol–water partition coefficient (Wildman–Crippen LogP) is 3.93. The minimum absolute atomic E-state index is 0.231. The molecule has 3 nitrogen and oxygen atoms in total. The summed E-state index contributed by atoms with van der Waals surface area (Å²) in [5.74, 6) is -0.454. The van der Waals surface area contributed by atoms with Gasteiger partial charge in [-0.2, -0.15) is 13.2 Å². The Morgan fingerprint density at radius 1 is 1.47 bits per heavy atom. The van der Waals surface area contributed by atoms with E-state index in [0.717, 1.165) is 0 Å². The van der Waals surface area contributed by atoms with Gasteiger partial charge >= 0.3 is 5.51 Å². The highest BCUT2D eigenvalue weighted by Crippen LogP contribution is 2.35. The smallest absolute Gasteiger partial charge is 0.442 e. The van der Waals surface area contributed by atoms with E-state index >= 15 is 0 Å². The molecule has 0 aliphatic carbocycles. The number of nitrogens with one attached hydrogen (secondary N) is 1. The van der Waals surface area contributed by atoms with Crippen molar-refractivity contribution < 1.29 is 22.7 Å². The quantitative estimate of drug-likeness (QED) is 0.915. The summed E-state index contributed by atoms with van der Waals surface area (Å²) in [4.78, 5) is 11.6. The predicted molar refractivity (Wildman–Crippen MR) is 69.7 cm³/mol. The van der Waals surface area contributed by atoms with Gasteiger partial charge in [0.2, 0.25) is 5.91 Å². The molecule has 0 heterocycles. The third kappa shape index (κ3) is 5.20. The van der Waals surface area contributed by atoms with Gasteiger partial charge in [-0.1, -0.05) is 11.6 Å². The molecular weight excluding hydrogens is 303 g/mol. The minimum Gasteiger partial charge on any atom is -0.495 e. The third-order valence-corrected chi connectivity index (χ3v) is 3.17. The van der Waals surface area contributed by atoms with Gasteiger partial charge < -0.3 is 10.1 Å². The molecule has 8 heteroatoms. The number of hydrogen-bond donors (Lipinski definition) is 1. The highest BCUT2D eigenvalue weighted by atomic mass is 35.5. The Morgan fingerprint density at radius 3 is 2.63 bits per heavy atom. The Bertz CT molecular complexity index is 468. The Morgan fingerprint density at radius 2 is 2.11 bits per heavy atom. The molecule has 0 bridgehead atoms. The van der Waals surface area contributed by atoms with Crippen LogP contribution in [0.2, 0.25) is 5.02 Å². The van der Waals surface area contributed by atoms with Gasteiger partial charge in [-0.05, 0) is 36.9 Å². The lowest BCUT2D eigenvalue weighted by atomic mass is 10.3. The summed E-state index contributed by atoms with van der Waals surface area (Å²) in [5, 5.41) is 1.42. The maximum Gasteiger partial charge on any atom is 0.442 e. The van der Waals surface area contributed by atoms with Crippen LogP contribution < -0.4 is 10.1 Å². The van der Waals surface area contributed by atoms with E-state index in [2.05, 4.69) is 5.32 Å². The summed E-state index contributed by atoms with van der Waals surface area (Å²) in [6.45, 7) is 1.17. The highest BCUT2D eigenvalue weighted by Gasteiger charge is 2.34. The molecule has 0 aromatic heterocycles. The van der Waals surface area contributed by atoms with Crippen LogP contribution in [0.25, 0.3) is 0 Å². The number of methoxy groups -OCH3 is 1. The molecule has 1 aromatic rings. The van der Waals surface area contributed by atoms with Gasteiger partial charge in [0.1, 0.15) is 5.75 Å². The summed E-state index contributed by atoms with van der Waals surface area (Å²) in [7, 11) is 1.38. The molecule has 19 heavy (non-hydrogen) atoms. The van der Waals surface area contributed by atoms with Crippen molar-refractivity contribution in [2.45, 2.75) is 17.7 Å². The van der Waals surface area contributed by atoms with Crippen molar-refractivity contribution in [1.82, 2.24) is 0 Å². The fourth-order valence-electron chi connectivity index (χ4n) is 1.27. The fraction of sp³-hybridized carbons (Fsp3) is 0.364. The van der Waals surface area contributed by atoms with Crippen LogP contribution in [0.15, 0.2) is 18.2 Å². The van der Waals surface area contributed by atoms with Crippen LogP contribution in [0.3, 0.4) is 0 Å². The molecule has 1 amide bonds. The van der Waals surface area contributed by atoms with Gasteiger partial charge in [-0.25, -0.2) is 0 Å². The van der Waals surface area contributed by atoms with Crippen molar-refractivity contribution >= 4 is 35.0 Å². The molecule has 0 fully saturated rings. The van der Waals surface area contributed by atoms with Crippen LogP contribution >= 0.6 is 23.4 Å². The van der Waals surface area contributed by atoms with Crippen LogP contribution in [0.5, 0.6) is 5.75 Å². The first-order valence-corrected chi connectivity index (χ1v) is 6.37. The molecule has 0 spiro atoms. The molecule has 1 rings (SSSR count). The number of anilines is 1. The SMILES string of the molecule is COc1ccc(Cl)cc1NC(=O)C(C)SC(F)(F)F. The van der Waals surface area contributed by atoms with Crippen molar-refractivity contribution in [2.75, 3.05) is 12.4 Å². The molecule has 1 unspecified atom stereocenters. The number of amides is 1. The summed E-state index contributed by atoms with van der Waals surface area (Å²) < 4.78 is 41.4. The normalized spacial score (nSPS) is 12.9.